The van der Waals surface area contributed by atoms with Crippen LogP contribution in [0, 0.1) is 0 Å². The van der Waals surface area contributed by atoms with Gasteiger partial charge in [-0.3, -0.25) is 18.6 Å². The molecule has 3 unspecified atom stereocenters. The molecule has 0 radical (unpaired) electrons. The van der Waals surface area contributed by atoms with Crippen molar-refractivity contribution in [2.45, 2.75) is 187 Å². The van der Waals surface area contributed by atoms with Crippen molar-refractivity contribution in [2.24, 2.45) is 0 Å². The Kier molecular flexibility index (Phi) is 39.2. The molecule has 0 rings (SSSR count). The molecule has 0 heterocycles. The lowest BCUT2D eigenvalue weighted by molar-refractivity contribution is -0.161. The smallest absolute Gasteiger partial charge is 0.462 e. The maximum absolute atomic E-state index is 12.6. The van der Waals surface area contributed by atoms with Crippen molar-refractivity contribution in [3.8, 4) is 0 Å². The van der Waals surface area contributed by atoms with Gasteiger partial charge in [0.1, 0.15) is 12.7 Å². The van der Waals surface area contributed by atoms with Crippen LogP contribution in [-0.4, -0.2) is 65.7 Å². The molecule has 56 heavy (non-hydrogen) atoms. The van der Waals surface area contributed by atoms with Gasteiger partial charge < -0.3 is 24.6 Å². The number of esters is 2. The number of phosphoric acid groups is 1. The second kappa shape index (κ2) is 40.9. The quantitative estimate of drug-likeness (QED) is 0.0236. The summed E-state index contributed by atoms with van der Waals surface area (Å²) >= 11 is 0. The maximum Gasteiger partial charge on any atom is 0.472 e. The molecule has 11 heteroatoms. The number of unbranched alkanes of at least 4 members (excludes halogenated alkanes) is 16. The largest absolute Gasteiger partial charge is 0.472 e. The van der Waals surface area contributed by atoms with Gasteiger partial charge >= 0.3 is 19.8 Å². The van der Waals surface area contributed by atoms with Crippen LogP contribution in [0.25, 0.3) is 0 Å². The Morgan fingerprint density at radius 2 is 0.982 bits per heavy atom. The highest BCUT2D eigenvalue weighted by Crippen LogP contribution is 2.43. The van der Waals surface area contributed by atoms with E-state index in [-0.39, 0.29) is 19.4 Å². The van der Waals surface area contributed by atoms with Gasteiger partial charge in [-0.15, -0.1) is 0 Å². The minimum absolute atomic E-state index is 0.105. The lowest BCUT2D eigenvalue weighted by Crippen LogP contribution is -2.29. The molecule has 0 saturated heterocycles. The zero-order chi connectivity index (χ0) is 41.2. The first-order chi connectivity index (χ1) is 27.2. The molecule has 0 aliphatic rings. The first-order valence-corrected chi connectivity index (χ1v) is 23.2. The van der Waals surface area contributed by atoms with E-state index in [0.29, 0.717) is 19.3 Å². The van der Waals surface area contributed by atoms with E-state index >= 15 is 0 Å². The van der Waals surface area contributed by atoms with Crippen LogP contribution in [0.3, 0.4) is 0 Å². The maximum atomic E-state index is 12.6. The van der Waals surface area contributed by atoms with Crippen LogP contribution >= 0.6 is 7.82 Å². The van der Waals surface area contributed by atoms with Gasteiger partial charge in [-0.25, -0.2) is 4.57 Å². The summed E-state index contributed by atoms with van der Waals surface area (Å²) in [5.41, 5.74) is 0. The first-order valence-electron chi connectivity index (χ1n) is 21.7. The summed E-state index contributed by atoms with van der Waals surface area (Å²) in [4.78, 5) is 35.0. The molecule has 0 bridgehead atoms. The number of carbonyl (C=O) groups is 2. The lowest BCUT2D eigenvalue weighted by Gasteiger charge is -2.20. The Bertz CT molecular complexity index is 1120. The van der Waals surface area contributed by atoms with E-state index in [1.54, 1.807) is 0 Å². The van der Waals surface area contributed by atoms with E-state index in [4.69, 9.17) is 19.1 Å². The third-order valence-corrected chi connectivity index (χ3v) is 9.89. The van der Waals surface area contributed by atoms with E-state index in [1.807, 2.05) is 12.2 Å². The third kappa shape index (κ3) is 39.9. The monoisotopic (exact) mass is 811 g/mol. The van der Waals surface area contributed by atoms with E-state index in [1.165, 1.54) is 77.0 Å². The van der Waals surface area contributed by atoms with Gasteiger partial charge in [0, 0.05) is 12.8 Å². The highest BCUT2D eigenvalue weighted by Gasteiger charge is 2.27. The summed E-state index contributed by atoms with van der Waals surface area (Å²) in [6.45, 7) is 2.20. The Morgan fingerprint density at radius 3 is 1.46 bits per heavy atom. The zero-order valence-electron chi connectivity index (χ0n) is 35.1. The second-order valence-corrected chi connectivity index (χ2v) is 15.8. The highest BCUT2D eigenvalue weighted by molar-refractivity contribution is 7.47. The van der Waals surface area contributed by atoms with Crippen molar-refractivity contribution >= 4 is 19.8 Å². The second-order valence-electron chi connectivity index (χ2n) is 14.3. The molecule has 10 nitrogen and oxygen atoms in total. The first kappa shape index (κ1) is 53.7. The summed E-state index contributed by atoms with van der Waals surface area (Å²) < 4.78 is 32.6. The number of rotatable bonds is 40. The molecule has 0 aromatic carbocycles. The molecule has 324 valence electrons. The van der Waals surface area contributed by atoms with Gasteiger partial charge in [0.05, 0.1) is 19.8 Å². The van der Waals surface area contributed by atoms with Gasteiger partial charge in [-0.05, 0) is 51.4 Å². The number of carbonyl (C=O) groups excluding carboxylic acids is 2. The van der Waals surface area contributed by atoms with E-state index < -0.39 is 51.8 Å². The minimum atomic E-state index is -4.63. The Morgan fingerprint density at radius 1 is 0.554 bits per heavy atom. The molecular formula is C45H79O10P. The predicted molar refractivity (Wildman–Crippen MR) is 228 cm³/mol. The average Bonchev–Trinajstić information content (AvgIpc) is 3.19. The molecule has 0 amide bonds. The minimum Gasteiger partial charge on any atom is -0.462 e. The fraction of sp³-hybridized carbons (Fsp3) is 0.733. The predicted octanol–water partition coefficient (Wildman–Crippen LogP) is 11.5. The Balaban J connectivity index is 4.38. The molecule has 0 saturated carbocycles. The van der Waals surface area contributed by atoms with Gasteiger partial charge in [0.25, 0.3) is 0 Å². The van der Waals surface area contributed by atoms with Crippen molar-refractivity contribution in [3.63, 3.8) is 0 Å². The molecule has 3 atom stereocenters. The normalized spacial score (nSPS) is 14.4. The van der Waals surface area contributed by atoms with Gasteiger partial charge in [-0.1, -0.05) is 171 Å². The van der Waals surface area contributed by atoms with Gasteiger partial charge in [-0.2, -0.15) is 0 Å². The fourth-order valence-corrected chi connectivity index (χ4v) is 6.41. The van der Waals surface area contributed by atoms with Gasteiger partial charge in [0.15, 0.2) is 6.10 Å². The molecule has 0 aliphatic heterocycles. The van der Waals surface area contributed by atoms with Crippen LogP contribution in [0.4, 0.5) is 0 Å². The molecule has 0 aromatic heterocycles. The van der Waals surface area contributed by atoms with Crippen molar-refractivity contribution in [1.29, 1.82) is 0 Å². The highest BCUT2D eigenvalue weighted by atomic mass is 31.2. The number of phosphoric ester groups is 1. The number of aliphatic hydroxyl groups is 2. The SMILES string of the molecule is CC/C=C\C/C=C\C/C=C\C/C=C\C/C=C\CCCC(=O)OC(COC(=O)CCCCCCCCCCCCCCCCCC)COP(=O)(O)OCC(O)CO. The van der Waals surface area contributed by atoms with E-state index in [0.717, 1.165) is 51.4 Å². The Labute approximate surface area is 340 Å². The zero-order valence-corrected chi connectivity index (χ0v) is 36.0. The molecule has 0 aromatic rings. The molecule has 0 aliphatic carbocycles. The summed E-state index contributed by atoms with van der Waals surface area (Å²) in [6, 6.07) is 0. The van der Waals surface area contributed by atoms with E-state index in [9.17, 15) is 24.2 Å². The van der Waals surface area contributed by atoms with Crippen LogP contribution in [0.5, 0.6) is 0 Å². The summed E-state index contributed by atoms with van der Waals surface area (Å²) in [5, 5.41) is 18.3. The average molecular weight is 811 g/mol. The van der Waals surface area contributed by atoms with E-state index in [2.05, 4.69) is 67.0 Å². The van der Waals surface area contributed by atoms with Crippen molar-refractivity contribution in [3.05, 3.63) is 60.8 Å². The topological polar surface area (TPSA) is 149 Å². The van der Waals surface area contributed by atoms with Crippen molar-refractivity contribution < 1.29 is 47.8 Å². The van der Waals surface area contributed by atoms with Crippen LogP contribution < -0.4 is 0 Å². The Hall–Kier alpha value is -2.33. The number of aliphatic hydroxyl groups excluding tert-OH is 2. The number of hydrogen-bond donors (Lipinski definition) is 3. The summed E-state index contributed by atoms with van der Waals surface area (Å²) in [7, 11) is -4.63. The third-order valence-electron chi connectivity index (χ3n) is 8.94. The summed E-state index contributed by atoms with van der Waals surface area (Å²) in [5.74, 6) is -0.992. The van der Waals surface area contributed by atoms with Crippen molar-refractivity contribution in [2.75, 3.05) is 26.4 Å². The molecule has 0 spiro atoms. The van der Waals surface area contributed by atoms with Crippen LogP contribution in [0.15, 0.2) is 60.8 Å². The standard InChI is InChI=1S/C45H79O10P/c1-3-5-7-9-11-13-15-17-19-21-23-25-27-29-31-33-35-37-45(49)55-43(41-54-56(50,51)53-39-42(47)38-46)40-52-44(48)36-34-32-30-28-26-24-22-20-18-16-14-12-10-8-6-4-2/h5,7,11,13,17,19,23,25,29,31,42-43,46-47H,3-4,6,8-10,12,14-16,18,20-22,24,26-28,30,32-41H2,1-2H3,(H,50,51)/b7-5-,13-11-,19-17-,25-23-,31-29-. The fourth-order valence-electron chi connectivity index (χ4n) is 5.62. The summed E-state index contributed by atoms with van der Waals surface area (Å²) in [6.07, 6.45) is 44.8. The van der Waals surface area contributed by atoms with Crippen LogP contribution in [-0.2, 0) is 32.7 Å². The van der Waals surface area contributed by atoms with Crippen molar-refractivity contribution in [1.82, 2.24) is 0 Å². The number of ether oxygens (including phenoxy) is 2. The van der Waals surface area contributed by atoms with Crippen LogP contribution in [0.2, 0.25) is 0 Å². The molecular weight excluding hydrogens is 731 g/mol. The number of hydrogen-bond acceptors (Lipinski definition) is 9. The molecule has 3 N–H and O–H groups in total. The lowest BCUT2D eigenvalue weighted by atomic mass is 10.0. The van der Waals surface area contributed by atoms with Crippen LogP contribution in [0.1, 0.15) is 174 Å². The van der Waals surface area contributed by atoms with Gasteiger partial charge in [0.2, 0.25) is 0 Å². The number of allylic oxidation sites excluding steroid dienone is 10. The molecule has 0 fully saturated rings.